The van der Waals surface area contributed by atoms with E-state index in [4.69, 9.17) is 5.11 Å². The number of hydrogen-bond donors (Lipinski definition) is 1. The topological polar surface area (TPSA) is 67.5 Å². The Morgan fingerprint density at radius 1 is 1.06 bits per heavy atom. The minimum absolute atomic E-state index is 0.0625. The average Bonchev–Trinajstić information content (AvgIpc) is 3.12. The summed E-state index contributed by atoms with van der Waals surface area (Å²) >= 11 is 0. The van der Waals surface area contributed by atoms with Crippen LogP contribution in [0.15, 0.2) is 71.7 Å². The van der Waals surface area contributed by atoms with Gasteiger partial charge in [-0.1, -0.05) is 48.5 Å². The number of alkyl halides is 3. The number of aliphatic imine (C=N–C) groups is 1. The van der Waals surface area contributed by atoms with E-state index in [9.17, 15) is 18.0 Å². The van der Waals surface area contributed by atoms with Crippen LogP contribution in [0.1, 0.15) is 17.5 Å². The highest BCUT2D eigenvalue weighted by Gasteiger charge is 2.34. The minimum Gasteiger partial charge on any atom is -0.481 e. The van der Waals surface area contributed by atoms with Crippen LogP contribution in [-0.2, 0) is 18.0 Å². The summed E-state index contributed by atoms with van der Waals surface area (Å²) in [5.74, 6) is -0.511. The van der Waals surface area contributed by atoms with Gasteiger partial charge < -0.3 is 9.67 Å². The first kappa shape index (κ1) is 22.3. The smallest absolute Gasteiger partial charge is 0.417 e. The molecule has 1 heterocycles. The first-order chi connectivity index (χ1) is 15.7. The van der Waals surface area contributed by atoms with Gasteiger partial charge in [-0.15, -0.1) is 0 Å². The van der Waals surface area contributed by atoms with Gasteiger partial charge in [-0.25, -0.2) is 4.98 Å². The molecule has 0 atom stereocenters. The Labute approximate surface area is 187 Å². The van der Waals surface area contributed by atoms with E-state index in [1.54, 1.807) is 66.4 Å². The molecular formula is C25H20F3N3O2. The molecule has 1 N–H and O–H groups in total. The number of carbonyl (C=O) groups is 1. The molecule has 0 fully saturated rings. The van der Waals surface area contributed by atoms with Crippen molar-refractivity contribution in [1.29, 1.82) is 0 Å². The molecule has 0 saturated carbocycles. The van der Waals surface area contributed by atoms with Crippen LogP contribution < -0.4 is 0 Å². The summed E-state index contributed by atoms with van der Waals surface area (Å²) in [6, 6.07) is 18.1. The Bertz CT molecular complexity index is 1340. The van der Waals surface area contributed by atoms with E-state index in [-0.39, 0.29) is 18.5 Å². The Morgan fingerprint density at radius 2 is 1.82 bits per heavy atom. The molecule has 168 valence electrons. The highest BCUT2D eigenvalue weighted by molar-refractivity contribution is 5.89. The van der Waals surface area contributed by atoms with Gasteiger partial charge in [0.2, 0.25) is 0 Å². The Kier molecular flexibility index (Phi) is 6.00. The second-order valence-corrected chi connectivity index (χ2v) is 7.55. The van der Waals surface area contributed by atoms with Gasteiger partial charge in [-0.3, -0.25) is 9.79 Å². The van der Waals surface area contributed by atoms with Gasteiger partial charge in [0.15, 0.2) is 0 Å². The number of carboxylic acids is 1. The molecule has 4 rings (SSSR count). The van der Waals surface area contributed by atoms with Crippen molar-refractivity contribution in [2.24, 2.45) is 12.0 Å². The van der Waals surface area contributed by atoms with Crippen LogP contribution in [-0.4, -0.2) is 33.4 Å². The Hall–Kier alpha value is -3.94. The van der Waals surface area contributed by atoms with Crippen LogP contribution in [0.5, 0.6) is 0 Å². The standard InChI is InChI=1S/C25H20F3N3O2/c1-31-22-10-7-16(15-29-12-11-23(32)33)13-21(22)30-24(31)18-8-9-19(17-5-3-2-4-6-17)20(14-18)25(26,27)28/h2-10,13-15H,11-12H2,1H3,(H,32,33). The number of carboxylic acid groups (broad SMARTS) is 1. The van der Waals surface area contributed by atoms with Crippen LogP contribution in [0.25, 0.3) is 33.5 Å². The largest absolute Gasteiger partial charge is 0.481 e. The zero-order valence-electron chi connectivity index (χ0n) is 17.7. The molecule has 0 aliphatic carbocycles. The van der Waals surface area contributed by atoms with Crippen LogP contribution in [0.3, 0.4) is 0 Å². The number of fused-ring (bicyclic) bond motifs is 1. The van der Waals surface area contributed by atoms with E-state index >= 15 is 0 Å². The molecule has 4 aromatic rings. The second kappa shape index (κ2) is 8.90. The molecule has 0 spiro atoms. The highest BCUT2D eigenvalue weighted by atomic mass is 19.4. The van der Waals surface area contributed by atoms with E-state index in [0.29, 0.717) is 22.5 Å². The third kappa shape index (κ3) is 4.79. The lowest BCUT2D eigenvalue weighted by atomic mass is 9.97. The summed E-state index contributed by atoms with van der Waals surface area (Å²) in [6.45, 7) is 0.162. The Morgan fingerprint density at radius 3 is 2.52 bits per heavy atom. The van der Waals surface area contributed by atoms with E-state index < -0.39 is 17.7 Å². The van der Waals surface area contributed by atoms with Gasteiger partial charge >= 0.3 is 12.1 Å². The fourth-order valence-corrected chi connectivity index (χ4v) is 3.67. The predicted octanol–water partition coefficient (Wildman–Crippen LogP) is 5.82. The van der Waals surface area contributed by atoms with Crippen LogP contribution in [0.2, 0.25) is 0 Å². The third-order valence-corrected chi connectivity index (χ3v) is 5.27. The molecule has 0 aliphatic heterocycles. The molecule has 5 nitrogen and oxygen atoms in total. The van der Waals surface area contributed by atoms with Crippen LogP contribution >= 0.6 is 0 Å². The lowest BCUT2D eigenvalue weighted by Crippen LogP contribution is -2.08. The van der Waals surface area contributed by atoms with Crippen molar-refractivity contribution in [1.82, 2.24) is 9.55 Å². The van der Waals surface area contributed by atoms with Crippen molar-refractivity contribution in [3.8, 4) is 22.5 Å². The number of rotatable bonds is 6. The van der Waals surface area contributed by atoms with Gasteiger partial charge in [0.25, 0.3) is 0 Å². The molecule has 0 aliphatic rings. The normalized spacial score (nSPS) is 12.0. The number of aryl methyl sites for hydroxylation is 1. The van der Waals surface area contributed by atoms with E-state index in [1.807, 2.05) is 6.07 Å². The predicted molar refractivity (Wildman–Crippen MR) is 121 cm³/mol. The van der Waals surface area contributed by atoms with Gasteiger partial charge in [0.1, 0.15) is 5.82 Å². The van der Waals surface area contributed by atoms with E-state index in [1.165, 1.54) is 6.07 Å². The fraction of sp³-hybridized carbons (Fsp3) is 0.160. The first-order valence-electron chi connectivity index (χ1n) is 10.2. The monoisotopic (exact) mass is 451 g/mol. The maximum absolute atomic E-state index is 13.9. The molecule has 0 bridgehead atoms. The third-order valence-electron chi connectivity index (χ3n) is 5.27. The number of halogens is 3. The molecule has 0 radical (unpaired) electrons. The van der Waals surface area contributed by atoms with Crippen LogP contribution in [0, 0.1) is 0 Å². The second-order valence-electron chi connectivity index (χ2n) is 7.55. The van der Waals surface area contributed by atoms with Crippen molar-refractivity contribution in [2.45, 2.75) is 12.6 Å². The van der Waals surface area contributed by atoms with Crippen molar-refractivity contribution in [3.05, 3.63) is 77.9 Å². The Balaban J connectivity index is 1.74. The number of aliphatic carboxylic acids is 1. The maximum atomic E-state index is 13.9. The first-order valence-corrected chi connectivity index (χ1v) is 10.2. The average molecular weight is 451 g/mol. The molecule has 3 aromatic carbocycles. The zero-order chi connectivity index (χ0) is 23.6. The van der Waals surface area contributed by atoms with Gasteiger partial charge in [0.05, 0.1) is 23.0 Å². The lowest BCUT2D eigenvalue weighted by Gasteiger charge is -2.15. The summed E-state index contributed by atoms with van der Waals surface area (Å²) in [6.07, 6.45) is -3.02. The number of hydrogen-bond acceptors (Lipinski definition) is 3. The number of imidazole rings is 1. The summed E-state index contributed by atoms with van der Waals surface area (Å²) < 4.78 is 43.5. The molecule has 1 aromatic heterocycles. The maximum Gasteiger partial charge on any atom is 0.417 e. The van der Waals surface area contributed by atoms with Gasteiger partial charge in [-0.2, -0.15) is 13.2 Å². The molecule has 8 heteroatoms. The van der Waals surface area contributed by atoms with Crippen molar-refractivity contribution in [2.75, 3.05) is 6.54 Å². The SMILES string of the molecule is Cn1c(-c2ccc(-c3ccccc3)c(C(F)(F)F)c2)nc2cc(C=NCCC(=O)O)ccc21. The number of aromatic nitrogens is 2. The van der Waals surface area contributed by atoms with Gasteiger partial charge in [-0.05, 0) is 34.9 Å². The fourth-order valence-electron chi connectivity index (χ4n) is 3.67. The van der Waals surface area contributed by atoms with Crippen molar-refractivity contribution >= 4 is 23.2 Å². The van der Waals surface area contributed by atoms with Crippen molar-refractivity contribution < 1.29 is 23.1 Å². The number of nitrogens with zero attached hydrogens (tertiary/aromatic N) is 3. The summed E-state index contributed by atoms with van der Waals surface area (Å²) in [5.41, 5.74) is 2.34. The van der Waals surface area contributed by atoms with Gasteiger partial charge in [0, 0.05) is 25.4 Å². The van der Waals surface area contributed by atoms with Crippen LogP contribution in [0.4, 0.5) is 13.2 Å². The quantitative estimate of drug-likeness (QED) is 0.376. The van der Waals surface area contributed by atoms with E-state index in [2.05, 4.69) is 9.98 Å². The molecule has 0 saturated heterocycles. The zero-order valence-corrected chi connectivity index (χ0v) is 17.7. The molecule has 0 unspecified atom stereocenters. The summed E-state index contributed by atoms with van der Waals surface area (Å²) in [4.78, 5) is 19.2. The lowest BCUT2D eigenvalue weighted by molar-refractivity contribution is -0.137. The molecule has 33 heavy (non-hydrogen) atoms. The van der Waals surface area contributed by atoms with E-state index in [0.717, 1.165) is 17.1 Å². The number of benzene rings is 3. The van der Waals surface area contributed by atoms with Crippen molar-refractivity contribution in [3.63, 3.8) is 0 Å². The molecular weight excluding hydrogens is 431 g/mol. The minimum atomic E-state index is -4.52. The summed E-state index contributed by atoms with van der Waals surface area (Å²) in [5, 5.41) is 8.69. The summed E-state index contributed by atoms with van der Waals surface area (Å²) in [7, 11) is 1.75. The molecule has 0 amide bonds. The highest BCUT2D eigenvalue weighted by Crippen LogP contribution is 2.39.